The third-order valence-corrected chi connectivity index (χ3v) is 5.02. The van der Waals surface area contributed by atoms with Gasteiger partial charge in [0.2, 0.25) is 11.8 Å². The Bertz CT molecular complexity index is 924. The largest absolute Gasteiger partial charge is 0.481 e. The summed E-state index contributed by atoms with van der Waals surface area (Å²) in [6.45, 7) is 0.0893. The molecule has 0 aromatic carbocycles. The van der Waals surface area contributed by atoms with Crippen molar-refractivity contribution in [2.75, 3.05) is 13.1 Å². The molecule has 3 heterocycles. The number of aromatic nitrogens is 1. The Hall–Kier alpha value is -4.03. The number of carbonyl (C=O) groups excluding carboxylic acids is 5. The van der Waals surface area contributed by atoms with Crippen molar-refractivity contribution >= 4 is 36.0 Å². The molecule has 0 unspecified atom stereocenters. The molecule has 2 atom stereocenters. The lowest BCUT2D eigenvalue weighted by Gasteiger charge is -2.42. The molecular weight excluding hydrogens is 424 g/mol. The molecule has 2 aliphatic rings. The van der Waals surface area contributed by atoms with Crippen molar-refractivity contribution in [1.29, 1.82) is 0 Å². The number of rotatable bonds is 7. The predicted octanol–water partition coefficient (Wildman–Crippen LogP) is -1.08. The maximum absolute atomic E-state index is 13.2. The molecule has 0 saturated carbocycles. The molecule has 1 aromatic heterocycles. The number of urea groups is 1. The summed E-state index contributed by atoms with van der Waals surface area (Å²) < 4.78 is 0. The second-order valence-electron chi connectivity index (χ2n) is 7.24. The van der Waals surface area contributed by atoms with Crippen LogP contribution in [0.4, 0.5) is 4.79 Å². The van der Waals surface area contributed by atoms with Gasteiger partial charge in [-0.2, -0.15) is 0 Å². The molecule has 2 aliphatic heterocycles. The number of hydrogen-bond donors (Lipinski definition) is 3. The van der Waals surface area contributed by atoms with Crippen LogP contribution >= 0.6 is 0 Å². The average molecular weight is 446 g/mol. The molecule has 13 nitrogen and oxygen atoms in total. The molecule has 3 rings (SSSR count). The molecule has 3 N–H and O–H groups in total. The molecular formula is C19H22N6O7. The summed E-state index contributed by atoms with van der Waals surface area (Å²) in [4.78, 5) is 77.0. The number of nitrogens with one attached hydrogen (secondary N) is 2. The zero-order valence-electron chi connectivity index (χ0n) is 17.0. The van der Waals surface area contributed by atoms with Crippen LogP contribution < -0.4 is 10.7 Å². The third-order valence-electron chi connectivity index (χ3n) is 5.02. The minimum Gasteiger partial charge on any atom is -0.481 e. The first kappa shape index (κ1) is 22.7. The van der Waals surface area contributed by atoms with E-state index in [9.17, 15) is 28.8 Å². The van der Waals surface area contributed by atoms with Gasteiger partial charge in [-0.1, -0.05) is 0 Å². The first-order valence-electron chi connectivity index (χ1n) is 9.91. The highest BCUT2D eigenvalue weighted by atomic mass is 16.4. The van der Waals surface area contributed by atoms with E-state index in [1.54, 1.807) is 6.07 Å². The van der Waals surface area contributed by atoms with Gasteiger partial charge in [0, 0.05) is 25.4 Å². The number of carboxylic acids is 1. The van der Waals surface area contributed by atoms with Gasteiger partial charge in [0.1, 0.15) is 12.3 Å². The quantitative estimate of drug-likeness (QED) is 0.444. The molecule has 13 heteroatoms. The molecule has 1 aromatic rings. The van der Waals surface area contributed by atoms with Crippen LogP contribution in [0.5, 0.6) is 0 Å². The Morgan fingerprint density at radius 2 is 2.06 bits per heavy atom. The molecule has 0 spiro atoms. The highest BCUT2D eigenvalue weighted by Gasteiger charge is 2.44. The Morgan fingerprint density at radius 1 is 1.28 bits per heavy atom. The van der Waals surface area contributed by atoms with Crippen LogP contribution in [0, 0.1) is 0 Å². The maximum Gasteiger partial charge on any atom is 0.358 e. The van der Waals surface area contributed by atoms with E-state index in [1.807, 2.05) is 0 Å². The Labute approximate surface area is 182 Å². The summed E-state index contributed by atoms with van der Waals surface area (Å²) in [5.41, 5.74) is 2.63. The van der Waals surface area contributed by atoms with Crippen molar-refractivity contribution in [3.63, 3.8) is 0 Å². The van der Waals surface area contributed by atoms with E-state index in [4.69, 9.17) is 5.11 Å². The Balaban J connectivity index is 1.81. The summed E-state index contributed by atoms with van der Waals surface area (Å²) in [6.07, 6.45) is 2.99. The number of hydrazine groups is 2. The fourth-order valence-corrected chi connectivity index (χ4v) is 3.50. The van der Waals surface area contributed by atoms with Crippen LogP contribution in [0.1, 0.15) is 36.0 Å². The van der Waals surface area contributed by atoms with E-state index >= 15 is 0 Å². The van der Waals surface area contributed by atoms with Crippen molar-refractivity contribution < 1.29 is 33.9 Å². The summed E-state index contributed by atoms with van der Waals surface area (Å²) in [6, 6.07) is -0.187. The van der Waals surface area contributed by atoms with Crippen molar-refractivity contribution in [3.05, 3.63) is 30.1 Å². The summed E-state index contributed by atoms with van der Waals surface area (Å²) in [5, 5.41) is 14.2. The number of nitrogens with zero attached hydrogens (tertiary/aromatic N) is 4. The van der Waals surface area contributed by atoms with E-state index in [1.165, 1.54) is 18.5 Å². The van der Waals surface area contributed by atoms with Crippen LogP contribution in [0.3, 0.4) is 0 Å². The molecule has 2 saturated heterocycles. The molecule has 5 amide bonds. The minimum absolute atomic E-state index is 0.0835. The number of aliphatic carboxylic acids is 1. The second-order valence-corrected chi connectivity index (χ2v) is 7.24. The van der Waals surface area contributed by atoms with E-state index in [0.29, 0.717) is 12.7 Å². The van der Waals surface area contributed by atoms with Crippen LogP contribution in [0.2, 0.25) is 0 Å². The van der Waals surface area contributed by atoms with Gasteiger partial charge in [-0.3, -0.25) is 29.6 Å². The molecule has 32 heavy (non-hydrogen) atoms. The Kier molecular flexibility index (Phi) is 6.97. The number of carboxylic acid groups (broad SMARTS) is 1. The number of carbonyl (C=O) groups is 6. The van der Waals surface area contributed by atoms with Gasteiger partial charge in [0.25, 0.3) is 5.91 Å². The monoisotopic (exact) mass is 446 g/mol. The zero-order valence-corrected chi connectivity index (χ0v) is 17.0. The first-order chi connectivity index (χ1) is 15.3. The Morgan fingerprint density at radius 3 is 2.72 bits per heavy atom. The van der Waals surface area contributed by atoms with Crippen LogP contribution in [0.15, 0.2) is 24.5 Å². The molecule has 0 aliphatic carbocycles. The minimum atomic E-state index is -1.28. The van der Waals surface area contributed by atoms with E-state index in [-0.39, 0.29) is 31.5 Å². The smallest absolute Gasteiger partial charge is 0.358 e. The number of hydrogen-bond acceptors (Lipinski definition) is 7. The molecule has 2 fully saturated rings. The van der Waals surface area contributed by atoms with Gasteiger partial charge in [-0.05, 0) is 25.0 Å². The number of amides is 5. The van der Waals surface area contributed by atoms with E-state index < -0.39 is 48.2 Å². The summed E-state index contributed by atoms with van der Waals surface area (Å²) >= 11 is 0. The van der Waals surface area contributed by atoms with E-state index in [2.05, 4.69) is 15.7 Å². The topological polar surface area (TPSA) is 169 Å². The highest BCUT2D eigenvalue weighted by molar-refractivity contribution is 5.96. The van der Waals surface area contributed by atoms with Crippen molar-refractivity contribution in [1.82, 2.24) is 30.8 Å². The van der Waals surface area contributed by atoms with Gasteiger partial charge in [-0.25, -0.2) is 19.8 Å². The second kappa shape index (κ2) is 9.85. The lowest BCUT2D eigenvalue weighted by atomic mass is 10.1. The normalized spacial score (nSPS) is 19.5. The lowest BCUT2D eigenvalue weighted by molar-refractivity contribution is -0.155. The summed E-state index contributed by atoms with van der Waals surface area (Å²) in [7, 11) is 0. The zero-order chi connectivity index (χ0) is 23.3. The lowest BCUT2D eigenvalue weighted by Crippen LogP contribution is -2.64. The number of aldehydes is 1. The standard InChI is InChI=1S/C19H22N6O7/c26-11-13(9-16(28)29)21-18(31)14-4-2-7-24-15(27)5-8-23(19(32)25(14)24)22-17(30)12-3-1-6-20-10-12/h1,3,6,10-11,13-14H,2,4-5,7-9H2,(H,21,31)(H,22,30)(H,28,29)/t13-,14-/m0/s1. The van der Waals surface area contributed by atoms with Gasteiger partial charge < -0.3 is 15.2 Å². The van der Waals surface area contributed by atoms with Crippen LogP contribution in [-0.2, 0) is 19.2 Å². The van der Waals surface area contributed by atoms with Crippen molar-refractivity contribution in [2.24, 2.45) is 0 Å². The maximum atomic E-state index is 13.2. The van der Waals surface area contributed by atoms with Gasteiger partial charge in [0.15, 0.2) is 0 Å². The van der Waals surface area contributed by atoms with Crippen LogP contribution in [0.25, 0.3) is 0 Å². The molecule has 0 radical (unpaired) electrons. The fourth-order valence-electron chi connectivity index (χ4n) is 3.50. The van der Waals surface area contributed by atoms with Gasteiger partial charge in [0.05, 0.1) is 24.6 Å². The van der Waals surface area contributed by atoms with Crippen LogP contribution in [-0.4, -0.2) is 86.3 Å². The highest BCUT2D eigenvalue weighted by Crippen LogP contribution is 2.23. The fraction of sp³-hybridized carbons (Fsp3) is 0.421. The average Bonchev–Trinajstić information content (AvgIpc) is 2.90. The first-order valence-corrected chi connectivity index (χ1v) is 9.91. The number of fused-ring (bicyclic) bond motifs is 1. The molecule has 0 bridgehead atoms. The third kappa shape index (κ3) is 4.99. The van der Waals surface area contributed by atoms with Gasteiger partial charge >= 0.3 is 12.0 Å². The van der Waals surface area contributed by atoms with Gasteiger partial charge in [-0.15, -0.1) is 0 Å². The summed E-state index contributed by atoms with van der Waals surface area (Å²) in [5.74, 6) is -3.08. The predicted molar refractivity (Wildman–Crippen MR) is 105 cm³/mol. The van der Waals surface area contributed by atoms with Crippen molar-refractivity contribution in [2.45, 2.75) is 37.8 Å². The SMILES string of the molecule is O=C[C@H](CC(=O)O)NC(=O)[C@@H]1CCCN2C(=O)CCN(NC(=O)c3cccnc3)C(=O)N12. The number of pyridine rings is 1. The van der Waals surface area contributed by atoms with E-state index in [0.717, 1.165) is 15.0 Å². The molecule has 170 valence electrons. The van der Waals surface area contributed by atoms with Crippen molar-refractivity contribution in [3.8, 4) is 0 Å².